The molecular formula is C13H21N5. The molecule has 2 rings (SSSR count). The fourth-order valence-electron chi connectivity index (χ4n) is 1.61. The van der Waals surface area contributed by atoms with Crippen molar-refractivity contribution in [1.82, 2.24) is 24.6 Å². The SMILES string of the molecule is CCn1cc(-n2cnc(CNC(C)(C)C)c2)cn1. The van der Waals surface area contributed by atoms with E-state index in [0.717, 1.165) is 24.5 Å². The highest BCUT2D eigenvalue weighted by Gasteiger charge is 2.10. The maximum atomic E-state index is 4.39. The molecule has 0 unspecified atom stereocenters. The van der Waals surface area contributed by atoms with E-state index in [1.165, 1.54) is 0 Å². The van der Waals surface area contributed by atoms with E-state index in [2.05, 4.69) is 43.1 Å². The van der Waals surface area contributed by atoms with Crippen LogP contribution < -0.4 is 5.32 Å². The Bertz CT molecular complexity index is 503. The van der Waals surface area contributed by atoms with Crippen molar-refractivity contribution in [2.75, 3.05) is 0 Å². The van der Waals surface area contributed by atoms with Crippen molar-refractivity contribution >= 4 is 0 Å². The summed E-state index contributed by atoms with van der Waals surface area (Å²) in [7, 11) is 0. The van der Waals surface area contributed by atoms with Gasteiger partial charge in [-0.25, -0.2) is 4.98 Å². The zero-order chi connectivity index (χ0) is 13.2. The number of nitrogens with zero attached hydrogens (tertiary/aromatic N) is 4. The van der Waals surface area contributed by atoms with Gasteiger partial charge in [0.15, 0.2) is 0 Å². The highest BCUT2D eigenvalue weighted by atomic mass is 15.3. The molecule has 98 valence electrons. The molecule has 0 saturated carbocycles. The first-order valence-corrected chi connectivity index (χ1v) is 6.28. The van der Waals surface area contributed by atoms with Crippen LogP contribution in [0.25, 0.3) is 5.69 Å². The Labute approximate surface area is 108 Å². The summed E-state index contributed by atoms with van der Waals surface area (Å²) in [6.07, 6.45) is 7.74. The topological polar surface area (TPSA) is 47.7 Å². The van der Waals surface area contributed by atoms with Crippen molar-refractivity contribution in [3.63, 3.8) is 0 Å². The van der Waals surface area contributed by atoms with E-state index >= 15 is 0 Å². The van der Waals surface area contributed by atoms with Crippen molar-refractivity contribution in [2.24, 2.45) is 0 Å². The van der Waals surface area contributed by atoms with Gasteiger partial charge in [0.25, 0.3) is 0 Å². The average Bonchev–Trinajstić information content (AvgIpc) is 2.94. The molecule has 2 aromatic rings. The number of aromatic nitrogens is 4. The first kappa shape index (κ1) is 12.8. The lowest BCUT2D eigenvalue weighted by Crippen LogP contribution is -2.35. The van der Waals surface area contributed by atoms with E-state index in [1.807, 2.05) is 34.2 Å². The van der Waals surface area contributed by atoms with E-state index in [9.17, 15) is 0 Å². The highest BCUT2D eigenvalue weighted by molar-refractivity contribution is 5.26. The molecule has 0 aromatic carbocycles. The zero-order valence-corrected chi connectivity index (χ0v) is 11.5. The molecule has 2 aromatic heterocycles. The molecule has 0 amide bonds. The van der Waals surface area contributed by atoms with Crippen LogP contribution in [0.4, 0.5) is 0 Å². The molecule has 0 bridgehead atoms. The number of hydrogen-bond donors (Lipinski definition) is 1. The third kappa shape index (κ3) is 3.20. The van der Waals surface area contributed by atoms with Gasteiger partial charge >= 0.3 is 0 Å². The Morgan fingerprint density at radius 2 is 2.06 bits per heavy atom. The molecule has 0 atom stereocenters. The van der Waals surface area contributed by atoms with Crippen LogP contribution in [-0.4, -0.2) is 24.9 Å². The van der Waals surface area contributed by atoms with Crippen LogP contribution in [0.3, 0.4) is 0 Å². The molecule has 0 fully saturated rings. The third-order valence-electron chi connectivity index (χ3n) is 2.68. The molecule has 1 N–H and O–H groups in total. The Morgan fingerprint density at radius 3 is 2.67 bits per heavy atom. The number of nitrogens with one attached hydrogen (secondary N) is 1. The summed E-state index contributed by atoms with van der Waals surface area (Å²) >= 11 is 0. The summed E-state index contributed by atoms with van der Waals surface area (Å²) in [4.78, 5) is 4.39. The normalized spacial score (nSPS) is 12.0. The standard InChI is InChI=1S/C13H21N5/c1-5-18-9-12(7-16-18)17-8-11(14-10-17)6-15-13(2,3)4/h7-10,15H,5-6H2,1-4H3. The number of imidazole rings is 1. The van der Waals surface area contributed by atoms with E-state index < -0.39 is 0 Å². The molecule has 0 aliphatic carbocycles. The Morgan fingerprint density at radius 1 is 1.28 bits per heavy atom. The lowest BCUT2D eigenvalue weighted by molar-refractivity contribution is 0.421. The smallest absolute Gasteiger partial charge is 0.0996 e. The Kier molecular flexibility index (Phi) is 3.52. The predicted octanol–water partition coefficient (Wildman–Crippen LogP) is 1.98. The highest BCUT2D eigenvalue weighted by Crippen LogP contribution is 2.08. The average molecular weight is 247 g/mol. The predicted molar refractivity (Wildman–Crippen MR) is 71.6 cm³/mol. The van der Waals surface area contributed by atoms with E-state index in [-0.39, 0.29) is 5.54 Å². The molecule has 0 aliphatic heterocycles. The largest absolute Gasteiger partial charge is 0.306 e. The summed E-state index contributed by atoms with van der Waals surface area (Å²) in [5.74, 6) is 0. The minimum Gasteiger partial charge on any atom is -0.306 e. The zero-order valence-electron chi connectivity index (χ0n) is 11.5. The maximum Gasteiger partial charge on any atom is 0.0996 e. The van der Waals surface area contributed by atoms with Crippen LogP contribution >= 0.6 is 0 Å². The second-order valence-corrected chi connectivity index (χ2v) is 5.43. The number of rotatable bonds is 4. The van der Waals surface area contributed by atoms with Gasteiger partial charge in [-0.2, -0.15) is 5.10 Å². The Balaban J connectivity index is 2.06. The summed E-state index contributed by atoms with van der Waals surface area (Å²) in [6.45, 7) is 10.2. The third-order valence-corrected chi connectivity index (χ3v) is 2.68. The van der Waals surface area contributed by atoms with Crippen molar-refractivity contribution in [1.29, 1.82) is 0 Å². The van der Waals surface area contributed by atoms with Gasteiger partial charge in [0.2, 0.25) is 0 Å². The van der Waals surface area contributed by atoms with Gasteiger partial charge < -0.3 is 9.88 Å². The van der Waals surface area contributed by atoms with E-state index in [1.54, 1.807) is 0 Å². The van der Waals surface area contributed by atoms with Gasteiger partial charge in [0.1, 0.15) is 0 Å². The number of hydrogen-bond acceptors (Lipinski definition) is 3. The summed E-state index contributed by atoms with van der Waals surface area (Å²) < 4.78 is 3.90. The van der Waals surface area contributed by atoms with Gasteiger partial charge in [-0.05, 0) is 27.7 Å². The second kappa shape index (κ2) is 4.94. The fraction of sp³-hybridized carbons (Fsp3) is 0.538. The minimum absolute atomic E-state index is 0.108. The van der Waals surface area contributed by atoms with Crippen LogP contribution in [0.5, 0.6) is 0 Å². The molecule has 0 aliphatic rings. The molecule has 5 heteroatoms. The van der Waals surface area contributed by atoms with E-state index in [4.69, 9.17) is 0 Å². The summed E-state index contributed by atoms with van der Waals surface area (Å²) in [6, 6.07) is 0. The first-order chi connectivity index (χ1) is 8.48. The van der Waals surface area contributed by atoms with Crippen molar-refractivity contribution in [3.8, 4) is 5.69 Å². The van der Waals surface area contributed by atoms with Gasteiger partial charge in [-0.1, -0.05) is 0 Å². The molecule has 0 saturated heterocycles. The summed E-state index contributed by atoms with van der Waals surface area (Å²) in [5, 5.41) is 7.68. The lowest BCUT2D eigenvalue weighted by Gasteiger charge is -2.19. The van der Waals surface area contributed by atoms with Gasteiger partial charge in [-0.15, -0.1) is 0 Å². The molecule has 5 nitrogen and oxygen atoms in total. The number of aryl methyl sites for hydroxylation is 1. The van der Waals surface area contributed by atoms with Crippen molar-refractivity contribution < 1.29 is 0 Å². The quantitative estimate of drug-likeness (QED) is 0.898. The van der Waals surface area contributed by atoms with Crippen LogP contribution in [0.1, 0.15) is 33.4 Å². The van der Waals surface area contributed by atoms with Crippen LogP contribution in [0, 0.1) is 0 Å². The molecule has 0 spiro atoms. The van der Waals surface area contributed by atoms with Crippen molar-refractivity contribution in [3.05, 3.63) is 30.6 Å². The maximum absolute atomic E-state index is 4.39. The molecule has 0 radical (unpaired) electrons. The summed E-state index contributed by atoms with van der Waals surface area (Å²) in [5.41, 5.74) is 2.19. The van der Waals surface area contributed by atoms with Crippen molar-refractivity contribution in [2.45, 2.75) is 46.3 Å². The van der Waals surface area contributed by atoms with Crippen LogP contribution in [-0.2, 0) is 13.1 Å². The van der Waals surface area contributed by atoms with Crippen LogP contribution in [0.15, 0.2) is 24.9 Å². The molecular weight excluding hydrogens is 226 g/mol. The minimum atomic E-state index is 0.108. The fourth-order valence-corrected chi connectivity index (χ4v) is 1.61. The Hall–Kier alpha value is -1.62. The second-order valence-electron chi connectivity index (χ2n) is 5.43. The van der Waals surface area contributed by atoms with E-state index in [0.29, 0.717) is 0 Å². The van der Waals surface area contributed by atoms with Gasteiger partial charge in [0.05, 0.1) is 23.9 Å². The van der Waals surface area contributed by atoms with Gasteiger partial charge in [-0.3, -0.25) is 4.68 Å². The van der Waals surface area contributed by atoms with Gasteiger partial charge in [0, 0.05) is 31.0 Å². The lowest BCUT2D eigenvalue weighted by atomic mass is 10.1. The van der Waals surface area contributed by atoms with Crippen LogP contribution in [0.2, 0.25) is 0 Å². The monoisotopic (exact) mass is 247 g/mol. The molecule has 18 heavy (non-hydrogen) atoms. The first-order valence-electron chi connectivity index (χ1n) is 6.28. The molecule has 2 heterocycles.